The van der Waals surface area contributed by atoms with Crippen molar-refractivity contribution in [2.75, 3.05) is 0 Å². The molecule has 0 fully saturated rings. The summed E-state index contributed by atoms with van der Waals surface area (Å²) in [6.45, 7) is 0. The predicted octanol–water partition coefficient (Wildman–Crippen LogP) is 9.36. The molecule has 0 amide bonds. The second-order valence-corrected chi connectivity index (χ2v) is 11.3. The van der Waals surface area contributed by atoms with Gasteiger partial charge in [-0.25, -0.2) is 4.99 Å². The molecule has 0 unspecified atom stereocenters. The quantitative estimate of drug-likeness (QED) is 0.120. The number of nitrogens with zero attached hydrogens (tertiary/aromatic N) is 3. The van der Waals surface area contributed by atoms with E-state index in [1.54, 1.807) is 0 Å². The molecule has 0 bridgehead atoms. The Morgan fingerprint density at radius 2 is 1.14 bits per heavy atom. The highest BCUT2D eigenvalue weighted by Gasteiger charge is 2.20. The van der Waals surface area contributed by atoms with Gasteiger partial charge < -0.3 is 4.57 Å². The van der Waals surface area contributed by atoms with Crippen molar-refractivity contribution in [2.24, 2.45) is 4.99 Å². The molecule has 0 saturated carbocycles. The van der Waals surface area contributed by atoms with E-state index in [9.17, 15) is 0 Å². The number of nitrogens with one attached hydrogen (secondary N) is 2. The summed E-state index contributed by atoms with van der Waals surface area (Å²) >= 11 is 1.47. The lowest BCUT2D eigenvalue weighted by Crippen LogP contribution is -2.21. The third-order valence-corrected chi connectivity index (χ3v) is 8.85. The van der Waals surface area contributed by atoms with Gasteiger partial charge >= 0.3 is 0 Å². The molecule has 0 atom stereocenters. The summed E-state index contributed by atoms with van der Waals surface area (Å²) in [5, 5.41) is 13.6. The number of rotatable bonds is 5. The maximum atomic E-state index is 8.73. The van der Waals surface area contributed by atoms with Crippen LogP contribution >= 0.6 is 12.1 Å². The number of aliphatic imine (C=N–C) groups is 1. The first-order valence-electron chi connectivity index (χ1n) is 14.5. The molecule has 44 heavy (non-hydrogen) atoms. The molecule has 0 aliphatic rings. The average Bonchev–Trinajstić information content (AvgIpc) is 3.60. The summed E-state index contributed by atoms with van der Waals surface area (Å²) in [6.07, 6.45) is 0. The van der Waals surface area contributed by atoms with E-state index < -0.39 is 0 Å². The Bertz CT molecular complexity index is 2340. The zero-order chi connectivity index (χ0) is 29.5. The first-order chi connectivity index (χ1) is 21.8. The summed E-state index contributed by atoms with van der Waals surface area (Å²) in [5.74, 6) is 0.823. The molecule has 8 aromatic rings. The Hall–Kier alpha value is -5.59. The Morgan fingerprint density at radius 3 is 1.86 bits per heavy atom. The number of benzene rings is 6. The fourth-order valence-corrected chi connectivity index (χ4v) is 6.87. The van der Waals surface area contributed by atoms with Crippen molar-refractivity contribution < 1.29 is 0 Å². The van der Waals surface area contributed by atoms with E-state index in [2.05, 4.69) is 104 Å². The van der Waals surface area contributed by atoms with Gasteiger partial charge in [-0.15, -0.1) is 0 Å². The monoisotopic (exact) mass is 585 g/mol. The van der Waals surface area contributed by atoms with E-state index in [-0.39, 0.29) is 5.84 Å². The molecule has 0 saturated heterocycles. The van der Waals surface area contributed by atoms with Crippen LogP contribution in [0.25, 0.3) is 49.3 Å². The summed E-state index contributed by atoms with van der Waals surface area (Å²) in [5.41, 5.74) is 7.38. The number of amidine groups is 2. The molecule has 2 aromatic heterocycles. The summed E-state index contributed by atoms with van der Waals surface area (Å²) in [7, 11) is 0. The summed E-state index contributed by atoms with van der Waals surface area (Å²) < 4.78 is 8.15. The second kappa shape index (κ2) is 10.9. The molecule has 0 spiro atoms. The van der Waals surface area contributed by atoms with Crippen molar-refractivity contribution in [3.8, 4) is 5.69 Å². The van der Waals surface area contributed by atoms with Crippen LogP contribution in [0.5, 0.6) is 0 Å². The molecule has 6 aromatic carbocycles. The Kier molecular flexibility index (Phi) is 6.47. The molecule has 2 N–H and O–H groups in total. The van der Waals surface area contributed by atoms with Crippen molar-refractivity contribution in [1.29, 1.82) is 5.41 Å². The van der Waals surface area contributed by atoms with Crippen LogP contribution in [-0.2, 0) is 0 Å². The van der Waals surface area contributed by atoms with Gasteiger partial charge in [-0.1, -0.05) is 121 Å². The SMILES string of the molecule is N=C(N=C(NSn1c2ccccc2c2c1ccc1c3ccccc3n(-c3ccccc3)c12)c1ccccc1)c1ccccc1. The molecule has 2 heterocycles. The molecule has 0 aliphatic heterocycles. The second-order valence-electron chi connectivity index (χ2n) is 10.6. The fraction of sp³-hybridized carbons (Fsp3) is 0. The van der Waals surface area contributed by atoms with Crippen LogP contribution in [0.4, 0.5) is 0 Å². The first kappa shape index (κ1) is 26.1. The van der Waals surface area contributed by atoms with Gasteiger partial charge in [0, 0.05) is 38.4 Å². The average molecular weight is 586 g/mol. The van der Waals surface area contributed by atoms with Gasteiger partial charge in [0.25, 0.3) is 0 Å². The third kappa shape index (κ3) is 4.35. The van der Waals surface area contributed by atoms with E-state index in [1.165, 1.54) is 44.7 Å². The largest absolute Gasteiger partial charge is 0.309 e. The lowest BCUT2D eigenvalue weighted by Gasteiger charge is -2.12. The van der Waals surface area contributed by atoms with Crippen molar-refractivity contribution >= 4 is 67.4 Å². The topological polar surface area (TPSA) is 58.1 Å². The number of hydrogen-bond donors (Lipinski definition) is 2. The first-order valence-corrected chi connectivity index (χ1v) is 15.3. The molecule has 0 radical (unpaired) electrons. The zero-order valence-electron chi connectivity index (χ0n) is 23.7. The smallest absolute Gasteiger partial charge is 0.154 e. The van der Waals surface area contributed by atoms with Gasteiger partial charge in [0.2, 0.25) is 0 Å². The van der Waals surface area contributed by atoms with E-state index in [4.69, 9.17) is 10.4 Å². The highest BCUT2D eigenvalue weighted by molar-refractivity contribution is 7.96. The lowest BCUT2D eigenvalue weighted by atomic mass is 10.1. The van der Waals surface area contributed by atoms with Crippen LogP contribution in [0.3, 0.4) is 0 Å². The maximum Gasteiger partial charge on any atom is 0.154 e. The standard InChI is InChI=1S/C38H27N5S/c39-37(26-14-4-1-5-15-26)40-38(27-16-6-2-7-17-27)41-44-43-33-23-13-11-21-31(33)35-34(43)25-24-30-29-20-10-12-22-32(29)42(36(30)35)28-18-8-3-9-19-28/h1-25H,(H2,39,40,41). The zero-order valence-corrected chi connectivity index (χ0v) is 24.5. The normalized spacial score (nSPS) is 12.0. The van der Waals surface area contributed by atoms with Crippen LogP contribution in [0.15, 0.2) is 157 Å². The summed E-state index contributed by atoms with van der Waals surface area (Å²) in [6, 6.07) is 51.9. The highest BCUT2D eigenvalue weighted by Crippen LogP contribution is 2.41. The van der Waals surface area contributed by atoms with E-state index >= 15 is 0 Å². The Balaban J connectivity index is 1.32. The Labute approximate surface area is 258 Å². The van der Waals surface area contributed by atoms with E-state index in [1.807, 2.05) is 60.7 Å². The maximum absolute atomic E-state index is 8.73. The third-order valence-electron chi connectivity index (χ3n) is 7.99. The molecular weight excluding hydrogens is 559 g/mol. The number of para-hydroxylation sites is 3. The van der Waals surface area contributed by atoms with Gasteiger partial charge in [0.15, 0.2) is 5.84 Å². The minimum atomic E-state index is 0.203. The minimum Gasteiger partial charge on any atom is -0.309 e. The van der Waals surface area contributed by atoms with Gasteiger partial charge in [-0.2, -0.15) is 0 Å². The van der Waals surface area contributed by atoms with Crippen LogP contribution < -0.4 is 4.72 Å². The lowest BCUT2D eigenvalue weighted by molar-refractivity contribution is 1.19. The van der Waals surface area contributed by atoms with Crippen LogP contribution in [0, 0.1) is 5.41 Å². The minimum absolute atomic E-state index is 0.203. The number of hydrogen-bond acceptors (Lipinski definition) is 2. The molecule has 6 heteroatoms. The predicted molar refractivity (Wildman–Crippen MR) is 186 cm³/mol. The summed E-state index contributed by atoms with van der Waals surface area (Å²) in [4.78, 5) is 4.76. The van der Waals surface area contributed by atoms with Crippen molar-refractivity contribution in [1.82, 2.24) is 13.3 Å². The number of aromatic nitrogens is 2. The number of fused-ring (bicyclic) bond motifs is 7. The molecule has 210 valence electrons. The van der Waals surface area contributed by atoms with E-state index in [0.717, 1.165) is 27.8 Å². The van der Waals surface area contributed by atoms with Gasteiger partial charge in [0.05, 0.1) is 34.2 Å². The van der Waals surface area contributed by atoms with Crippen molar-refractivity contribution in [3.63, 3.8) is 0 Å². The Morgan fingerprint density at radius 1 is 0.545 bits per heavy atom. The van der Waals surface area contributed by atoms with E-state index in [0.29, 0.717) is 5.84 Å². The van der Waals surface area contributed by atoms with Crippen LogP contribution in [-0.4, -0.2) is 20.2 Å². The molecule has 5 nitrogen and oxygen atoms in total. The van der Waals surface area contributed by atoms with Gasteiger partial charge in [-0.05, 0) is 30.3 Å². The molecule has 8 rings (SSSR count). The van der Waals surface area contributed by atoms with Crippen molar-refractivity contribution in [2.45, 2.75) is 0 Å². The highest BCUT2D eigenvalue weighted by atomic mass is 32.2. The molecular formula is C38H27N5S. The molecule has 0 aliphatic carbocycles. The van der Waals surface area contributed by atoms with Crippen LogP contribution in [0.1, 0.15) is 11.1 Å². The van der Waals surface area contributed by atoms with Crippen LogP contribution in [0.2, 0.25) is 0 Å². The van der Waals surface area contributed by atoms with Gasteiger partial charge in [0.1, 0.15) is 5.84 Å². The fourth-order valence-electron chi connectivity index (χ4n) is 6.02. The van der Waals surface area contributed by atoms with Gasteiger partial charge in [-0.3, -0.25) is 14.1 Å². The van der Waals surface area contributed by atoms with Crippen molar-refractivity contribution in [3.05, 3.63) is 163 Å².